The third-order valence-corrected chi connectivity index (χ3v) is 4.63. The standard InChI is InChI=1S/C12H21N/c1-11(2)6-5-10(11)13-12(7-8-12)9-3-4-9/h9-10,13H,3-8H2,1-2H3. The topological polar surface area (TPSA) is 12.0 Å². The van der Waals surface area contributed by atoms with Crippen LogP contribution in [0.2, 0.25) is 0 Å². The van der Waals surface area contributed by atoms with Crippen LogP contribution < -0.4 is 5.32 Å². The molecule has 3 saturated carbocycles. The first kappa shape index (κ1) is 8.28. The van der Waals surface area contributed by atoms with E-state index in [1.54, 1.807) is 0 Å². The fourth-order valence-corrected chi connectivity index (χ4v) is 2.92. The van der Waals surface area contributed by atoms with Crippen molar-refractivity contribution in [3.8, 4) is 0 Å². The van der Waals surface area contributed by atoms with Gasteiger partial charge in [0, 0.05) is 11.6 Å². The third-order valence-electron chi connectivity index (χ3n) is 4.63. The Balaban J connectivity index is 1.63. The van der Waals surface area contributed by atoms with Crippen molar-refractivity contribution in [1.29, 1.82) is 0 Å². The first-order valence-corrected chi connectivity index (χ1v) is 5.90. The van der Waals surface area contributed by atoms with E-state index in [1.165, 1.54) is 38.5 Å². The molecule has 0 amide bonds. The average molecular weight is 179 g/mol. The number of rotatable bonds is 3. The van der Waals surface area contributed by atoms with Gasteiger partial charge in [-0.15, -0.1) is 0 Å². The minimum absolute atomic E-state index is 0.588. The molecule has 3 aliphatic rings. The van der Waals surface area contributed by atoms with Crippen LogP contribution in [0, 0.1) is 11.3 Å². The summed E-state index contributed by atoms with van der Waals surface area (Å²) in [5.74, 6) is 1.06. The average Bonchev–Trinajstić information content (AvgIpc) is 2.89. The van der Waals surface area contributed by atoms with Gasteiger partial charge in [0.2, 0.25) is 0 Å². The lowest BCUT2D eigenvalue weighted by molar-refractivity contribution is 0.0901. The summed E-state index contributed by atoms with van der Waals surface area (Å²) in [5.41, 5.74) is 1.23. The third kappa shape index (κ3) is 1.24. The molecule has 1 heteroatoms. The molecule has 1 atom stereocenters. The Bertz CT molecular complexity index is 223. The largest absolute Gasteiger partial charge is 0.308 e. The van der Waals surface area contributed by atoms with Crippen LogP contribution in [0.1, 0.15) is 52.4 Å². The molecule has 0 saturated heterocycles. The Labute approximate surface area is 81.3 Å². The van der Waals surface area contributed by atoms with Crippen molar-refractivity contribution >= 4 is 0 Å². The summed E-state index contributed by atoms with van der Waals surface area (Å²) >= 11 is 0. The van der Waals surface area contributed by atoms with Gasteiger partial charge in [-0.2, -0.15) is 0 Å². The van der Waals surface area contributed by atoms with E-state index in [1.807, 2.05) is 0 Å². The lowest BCUT2D eigenvalue weighted by Crippen LogP contribution is -2.55. The van der Waals surface area contributed by atoms with Crippen LogP contribution >= 0.6 is 0 Å². The fraction of sp³-hybridized carbons (Fsp3) is 1.00. The fourth-order valence-electron chi connectivity index (χ4n) is 2.92. The van der Waals surface area contributed by atoms with E-state index in [2.05, 4.69) is 19.2 Å². The summed E-state index contributed by atoms with van der Waals surface area (Å²) in [4.78, 5) is 0. The minimum atomic E-state index is 0.588. The van der Waals surface area contributed by atoms with Crippen LogP contribution in [0.4, 0.5) is 0 Å². The highest BCUT2D eigenvalue weighted by atomic mass is 15.1. The molecule has 1 nitrogen and oxygen atoms in total. The summed E-state index contributed by atoms with van der Waals surface area (Å²) in [5, 5.41) is 3.96. The van der Waals surface area contributed by atoms with Crippen LogP contribution in [-0.4, -0.2) is 11.6 Å². The lowest BCUT2D eigenvalue weighted by Gasteiger charge is -2.47. The van der Waals surface area contributed by atoms with E-state index in [0.29, 0.717) is 11.0 Å². The molecule has 0 radical (unpaired) electrons. The predicted molar refractivity (Wildman–Crippen MR) is 54.6 cm³/mol. The first-order chi connectivity index (χ1) is 6.12. The monoisotopic (exact) mass is 179 g/mol. The summed E-state index contributed by atoms with van der Waals surface area (Å²) in [6.45, 7) is 4.83. The van der Waals surface area contributed by atoms with Crippen LogP contribution in [0.15, 0.2) is 0 Å². The number of nitrogens with one attached hydrogen (secondary N) is 1. The van der Waals surface area contributed by atoms with Crippen molar-refractivity contribution in [1.82, 2.24) is 5.32 Å². The molecule has 0 aromatic carbocycles. The zero-order valence-electron chi connectivity index (χ0n) is 8.90. The highest BCUT2D eigenvalue weighted by Crippen LogP contribution is 2.55. The Morgan fingerprint density at radius 1 is 1.00 bits per heavy atom. The van der Waals surface area contributed by atoms with Gasteiger partial charge in [-0.05, 0) is 49.9 Å². The zero-order valence-corrected chi connectivity index (χ0v) is 8.90. The molecule has 74 valence electrons. The summed E-state index contributed by atoms with van der Waals surface area (Å²) in [6.07, 6.45) is 8.77. The molecular formula is C12H21N. The molecule has 13 heavy (non-hydrogen) atoms. The Morgan fingerprint density at radius 2 is 1.69 bits per heavy atom. The van der Waals surface area contributed by atoms with Crippen molar-refractivity contribution in [3.63, 3.8) is 0 Å². The van der Waals surface area contributed by atoms with Gasteiger partial charge in [-0.25, -0.2) is 0 Å². The molecule has 0 aromatic rings. The van der Waals surface area contributed by atoms with Crippen molar-refractivity contribution < 1.29 is 0 Å². The molecule has 0 bridgehead atoms. The van der Waals surface area contributed by atoms with E-state index in [-0.39, 0.29) is 0 Å². The molecule has 1 N–H and O–H groups in total. The van der Waals surface area contributed by atoms with E-state index in [0.717, 1.165) is 12.0 Å². The van der Waals surface area contributed by atoms with Gasteiger partial charge in [0.05, 0.1) is 0 Å². The second-order valence-corrected chi connectivity index (χ2v) is 6.15. The molecule has 0 heterocycles. The van der Waals surface area contributed by atoms with Crippen LogP contribution in [0.5, 0.6) is 0 Å². The molecular weight excluding hydrogens is 158 g/mol. The Kier molecular flexibility index (Phi) is 1.47. The smallest absolute Gasteiger partial charge is 0.0213 e. The molecule has 3 aliphatic carbocycles. The van der Waals surface area contributed by atoms with E-state index < -0.39 is 0 Å². The van der Waals surface area contributed by atoms with Crippen molar-refractivity contribution in [2.75, 3.05) is 0 Å². The molecule has 3 rings (SSSR count). The molecule has 0 spiro atoms. The van der Waals surface area contributed by atoms with Gasteiger partial charge < -0.3 is 5.32 Å². The van der Waals surface area contributed by atoms with Gasteiger partial charge in [-0.3, -0.25) is 0 Å². The lowest BCUT2D eigenvalue weighted by atomic mass is 9.67. The maximum absolute atomic E-state index is 3.96. The first-order valence-electron chi connectivity index (χ1n) is 5.90. The Hall–Kier alpha value is -0.0400. The van der Waals surface area contributed by atoms with Crippen LogP contribution in [0.3, 0.4) is 0 Å². The van der Waals surface area contributed by atoms with E-state index in [4.69, 9.17) is 0 Å². The molecule has 0 aliphatic heterocycles. The summed E-state index contributed by atoms with van der Waals surface area (Å²) in [6, 6.07) is 0.829. The maximum Gasteiger partial charge on any atom is 0.0213 e. The second-order valence-electron chi connectivity index (χ2n) is 6.15. The van der Waals surface area contributed by atoms with Gasteiger partial charge in [0.25, 0.3) is 0 Å². The van der Waals surface area contributed by atoms with Crippen LogP contribution in [0.25, 0.3) is 0 Å². The Morgan fingerprint density at radius 3 is 2.00 bits per heavy atom. The minimum Gasteiger partial charge on any atom is -0.308 e. The van der Waals surface area contributed by atoms with E-state index >= 15 is 0 Å². The van der Waals surface area contributed by atoms with Crippen molar-refractivity contribution in [2.45, 2.75) is 64.0 Å². The second kappa shape index (κ2) is 2.31. The van der Waals surface area contributed by atoms with Gasteiger partial charge in [0.15, 0.2) is 0 Å². The molecule has 3 fully saturated rings. The van der Waals surface area contributed by atoms with Crippen LogP contribution in [-0.2, 0) is 0 Å². The summed E-state index contributed by atoms with van der Waals surface area (Å²) < 4.78 is 0. The highest BCUT2D eigenvalue weighted by molar-refractivity contribution is 5.14. The normalized spacial score (nSPS) is 39.7. The highest BCUT2D eigenvalue weighted by Gasteiger charge is 2.56. The van der Waals surface area contributed by atoms with Gasteiger partial charge in [-0.1, -0.05) is 13.8 Å². The molecule has 1 unspecified atom stereocenters. The van der Waals surface area contributed by atoms with Crippen molar-refractivity contribution in [2.24, 2.45) is 11.3 Å². The quantitative estimate of drug-likeness (QED) is 0.702. The van der Waals surface area contributed by atoms with E-state index in [9.17, 15) is 0 Å². The predicted octanol–water partition coefficient (Wildman–Crippen LogP) is 2.71. The zero-order chi connectivity index (χ0) is 9.10. The summed E-state index contributed by atoms with van der Waals surface area (Å²) in [7, 11) is 0. The maximum atomic E-state index is 3.96. The number of hydrogen-bond donors (Lipinski definition) is 1. The van der Waals surface area contributed by atoms with Crippen molar-refractivity contribution in [3.05, 3.63) is 0 Å². The SMILES string of the molecule is CC1(C)CCC1NC1(C2CC2)CC1. The molecule has 0 aromatic heterocycles. The van der Waals surface area contributed by atoms with Gasteiger partial charge >= 0.3 is 0 Å². The number of hydrogen-bond acceptors (Lipinski definition) is 1. The van der Waals surface area contributed by atoms with Gasteiger partial charge in [0.1, 0.15) is 0 Å².